The number of carbonyl (C=O) groups excluding carboxylic acids is 1. The number of benzene rings is 1. The van der Waals surface area contributed by atoms with E-state index in [4.69, 9.17) is 9.47 Å². The van der Waals surface area contributed by atoms with E-state index in [1.165, 1.54) is 6.21 Å². The van der Waals surface area contributed by atoms with Gasteiger partial charge in [-0.25, -0.2) is 5.43 Å². The molecular formula is C16H13N3O3. The minimum Gasteiger partial charge on any atom is -0.454 e. The molecular weight excluding hydrogens is 282 g/mol. The van der Waals surface area contributed by atoms with Crippen LogP contribution in [0.4, 0.5) is 0 Å². The number of fused-ring (bicyclic) bond motifs is 1. The number of nitrogens with one attached hydrogen (secondary N) is 1. The number of carbonyl (C=O) groups is 1. The summed E-state index contributed by atoms with van der Waals surface area (Å²) in [6.45, 7) is 0.255. The summed E-state index contributed by atoms with van der Waals surface area (Å²) in [5, 5.41) is 3.85. The van der Waals surface area contributed by atoms with Crippen molar-refractivity contribution in [2.24, 2.45) is 5.10 Å². The van der Waals surface area contributed by atoms with Gasteiger partial charge in [0.25, 0.3) is 5.91 Å². The first-order valence-electron chi connectivity index (χ1n) is 6.63. The van der Waals surface area contributed by atoms with E-state index in [0.29, 0.717) is 5.56 Å². The Kier molecular flexibility index (Phi) is 4.10. The van der Waals surface area contributed by atoms with E-state index >= 15 is 0 Å². The number of rotatable bonds is 4. The third kappa shape index (κ3) is 3.29. The van der Waals surface area contributed by atoms with E-state index in [0.717, 1.165) is 17.1 Å². The molecule has 0 fully saturated rings. The van der Waals surface area contributed by atoms with Crippen molar-refractivity contribution in [1.29, 1.82) is 0 Å². The average molecular weight is 295 g/mol. The molecule has 6 nitrogen and oxygen atoms in total. The Bertz CT molecular complexity index is 727. The number of nitrogens with zero attached hydrogens (tertiary/aromatic N) is 2. The second kappa shape index (κ2) is 6.53. The highest BCUT2D eigenvalue weighted by atomic mass is 16.7. The van der Waals surface area contributed by atoms with Gasteiger partial charge in [0, 0.05) is 24.2 Å². The highest BCUT2D eigenvalue weighted by molar-refractivity contribution is 5.94. The van der Waals surface area contributed by atoms with E-state index in [-0.39, 0.29) is 12.7 Å². The van der Waals surface area contributed by atoms with E-state index < -0.39 is 0 Å². The van der Waals surface area contributed by atoms with Gasteiger partial charge in [0.15, 0.2) is 11.5 Å². The molecule has 1 amide bonds. The van der Waals surface area contributed by atoms with Crippen LogP contribution in [0.15, 0.2) is 53.9 Å². The number of ether oxygens (including phenoxy) is 2. The first kappa shape index (κ1) is 13.8. The zero-order valence-corrected chi connectivity index (χ0v) is 11.6. The summed E-state index contributed by atoms with van der Waals surface area (Å²) >= 11 is 0. The minimum atomic E-state index is -0.282. The molecule has 110 valence electrons. The molecule has 22 heavy (non-hydrogen) atoms. The van der Waals surface area contributed by atoms with Crippen LogP contribution >= 0.6 is 0 Å². The van der Waals surface area contributed by atoms with Gasteiger partial charge in [0.05, 0.1) is 0 Å². The maximum Gasteiger partial charge on any atom is 0.271 e. The quantitative estimate of drug-likeness (QED) is 0.693. The number of allylic oxidation sites excluding steroid dienone is 1. The summed E-state index contributed by atoms with van der Waals surface area (Å²) in [5.41, 5.74) is 3.89. The lowest BCUT2D eigenvalue weighted by molar-refractivity contribution is 0.0955. The molecule has 0 spiro atoms. The summed E-state index contributed by atoms with van der Waals surface area (Å²) in [6.07, 6.45) is 8.19. The van der Waals surface area contributed by atoms with Crippen LogP contribution in [0.2, 0.25) is 0 Å². The Hall–Kier alpha value is -3.15. The third-order valence-electron chi connectivity index (χ3n) is 2.95. The van der Waals surface area contributed by atoms with Crippen LogP contribution in [0.5, 0.6) is 11.5 Å². The second-order valence-electron chi connectivity index (χ2n) is 4.43. The van der Waals surface area contributed by atoms with Crippen molar-refractivity contribution in [3.05, 3.63) is 59.9 Å². The first-order valence-corrected chi connectivity index (χ1v) is 6.63. The van der Waals surface area contributed by atoms with Gasteiger partial charge in [-0.15, -0.1) is 0 Å². The Morgan fingerprint density at radius 1 is 1.18 bits per heavy atom. The summed E-state index contributed by atoms with van der Waals surface area (Å²) in [6, 6.07) is 8.88. The normalized spacial score (nSPS) is 12.9. The number of hydrogen-bond donors (Lipinski definition) is 1. The van der Waals surface area contributed by atoms with Crippen molar-refractivity contribution < 1.29 is 14.3 Å². The van der Waals surface area contributed by atoms with E-state index in [1.54, 1.807) is 30.6 Å². The van der Waals surface area contributed by atoms with Gasteiger partial charge in [0.2, 0.25) is 6.79 Å². The maximum absolute atomic E-state index is 11.7. The van der Waals surface area contributed by atoms with Crippen LogP contribution in [0.3, 0.4) is 0 Å². The van der Waals surface area contributed by atoms with Crippen LogP contribution in [0, 0.1) is 0 Å². The minimum absolute atomic E-state index is 0.255. The molecule has 1 aliphatic heterocycles. The summed E-state index contributed by atoms with van der Waals surface area (Å²) < 4.78 is 10.5. The highest BCUT2D eigenvalue weighted by Crippen LogP contribution is 2.32. The molecule has 2 aromatic rings. The average Bonchev–Trinajstić information content (AvgIpc) is 3.03. The van der Waals surface area contributed by atoms with Crippen LogP contribution < -0.4 is 14.9 Å². The van der Waals surface area contributed by atoms with Crippen molar-refractivity contribution in [2.45, 2.75) is 0 Å². The van der Waals surface area contributed by atoms with Crippen LogP contribution in [-0.2, 0) is 0 Å². The molecule has 1 aliphatic rings. The molecule has 0 saturated carbocycles. The zero-order valence-electron chi connectivity index (χ0n) is 11.6. The Labute approximate surface area is 127 Å². The smallest absolute Gasteiger partial charge is 0.271 e. The SMILES string of the molecule is O=C(NN=CC=Cc1ccc2c(c1)OCO2)c1ccncc1. The van der Waals surface area contributed by atoms with Gasteiger partial charge in [0.1, 0.15) is 0 Å². The van der Waals surface area contributed by atoms with Crippen molar-refractivity contribution >= 4 is 18.2 Å². The molecule has 2 heterocycles. The van der Waals surface area contributed by atoms with E-state index in [2.05, 4.69) is 15.5 Å². The van der Waals surface area contributed by atoms with Crippen molar-refractivity contribution in [3.8, 4) is 11.5 Å². The monoisotopic (exact) mass is 295 g/mol. The second-order valence-corrected chi connectivity index (χ2v) is 4.43. The topological polar surface area (TPSA) is 72.8 Å². The number of hydrazone groups is 1. The number of amides is 1. The highest BCUT2D eigenvalue weighted by Gasteiger charge is 2.11. The number of pyridine rings is 1. The molecule has 0 saturated heterocycles. The fourth-order valence-corrected chi connectivity index (χ4v) is 1.88. The first-order chi connectivity index (χ1) is 10.8. The van der Waals surface area contributed by atoms with Gasteiger partial charge in [-0.2, -0.15) is 5.10 Å². The van der Waals surface area contributed by atoms with Crippen molar-refractivity contribution in [2.75, 3.05) is 6.79 Å². The fraction of sp³-hybridized carbons (Fsp3) is 0.0625. The molecule has 0 aliphatic carbocycles. The molecule has 1 N–H and O–H groups in total. The predicted molar refractivity (Wildman–Crippen MR) is 81.8 cm³/mol. The van der Waals surface area contributed by atoms with Crippen molar-refractivity contribution in [3.63, 3.8) is 0 Å². The molecule has 0 radical (unpaired) electrons. The van der Waals surface area contributed by atoms with E-state index in [9.17, 15) is 4.79 Å². The Morgan fingerprint density at radius 2 is 2.00 bits per heavy atom. The molecule has 1 aromatic carbocycles. The summed E-state index contributed by atoms with van der Waals surface area (Å²) in [7, 11) is 0. The summed E-state index contributed by atoms with van der Waals surface area (Å²) in [4.78, 5) is 15.5. The predicted octanol–water partition coefficient (Wildman–Crippen LogP) is 2.24. The van der Waals surface area contributed by atoms with Gasteiger partial charge < -0.3 is 9.47 Å². The number of hydrogen-bond acceptors (Lipinski definition) is 5. The molecule has 0 unspecified atom stereocenters. The lowest BCUT2D eigenvalue weighted by Gasteiger charge is -1.97. The van der Waals surface area contributed by atoms with Gasteiger partial charge >= 0.3 is 0 Å². The lowest BCUT2D eigenvalue weighted by Crippen LogP contribution is -2.17. The molecule has 1 aromatic heterocycles. The Morgan fingerprint density at radius 3 is 2.86 bits per heavy atom. The molecule has 0 bridgehead atoms. The third-order valence-corrected chi connectivity index (χ3v) is 2.95. The summed E-state index contributed by atoms with van der Waals surface area (Å²) in [5.74, 6) is 1.19. The Balaban J connectivity index is 1.55. The van der Waals surface area contributed by atoms with Crippen molar-refractivity contribution in [1.82, 2.24) is 10.4 Å². The largest absolute Gasteiger partial charge is 0.454 e. The molecule has 6 heteroatoms. The number of aromatic nitrogens is 1. The molecule has 0 atom stereocenters. The van der Waals surface area contributed by atoms with Crippen LogP contribution in [0.1, 0.15) is 15.9 Å². The molecule has 3 rings (SSSR count). The van der Waals surface area contributed by atoms with Crippen LogP contribution in [-0.4, -0.2) is 23.9 Å². The van der Waals surface area contributed by atoms with Crippen LogP contribution in [0.25, 0.3) is 6.08 Å². The fourth-order valence-electron chi connectivity index (χ4n) is 1.88. The van der Waals surface area contributed by atoms with Gasteiger partial charge in [-0.1, -0.05) is 12.1 Å². The lowest BCUT2D eigenvalue weighted by atomic mass is 10.2. The van der Waals surface area contributed by atoms with Gasteiger partial charge in [-0.3, -0.25) is 9.78 Å². The maximum atomic E-state index is 11.7. The zero-order chi connectivity index (χ0) is 15.2. The van der Waals surface area contributed by atoms with Gasteiger partial charge in [-0.05, 0) is 35.9 Å². The standard InChI is InChI=1S/C16H13N3O3/c20-16(13-5-8-17-9-6-13)19-18-7-1-2-12-3-4-14-15(10-12)22-11-21-14/h1-10H,11H2,(H,19,20). The van der Waals surface area contributed by atoms with E-state index in [1.807, 2.05) is 24.3 Å².